The van der Waals surface area contributed by atoms with Crippen molar-refractivity contribution in [1.82, 2.24) is 0 Å². The summed E-state index contributed by atoms with van der Waals surface area (Å²) in [4.78, 5) is -0.209. The molecule has 0 amide bonds. The second-order valence-electron chi connectivity index (χ2n) is 4.42. The summed E-state index contributed by atoms with van der Waals surface area (Å²) < 4.78 is 5.71. The van der Waals surface area contributed by atoms with Gasteiger partial charge in [-0.1, -0.05) is 15.9 Å². The molecule has 0 fully saturated rings. The molecular weight excluding hydrogens is 270 g/mol. The van der Waals surface area contributed by atoms with Crippen LogP contribution < -0.4 is 4.74 Å². The minimum Gasteiger partial charge on any atom is -0.485 e. The number of alkyl halides is 1. The third kappa shape index (κ3) is 1.70. The van der Waals surface area contributed by atoms with Gasteiger partial charge in [-0.25, -0.2) is 0 Å². The molecule has 1 aromatic rings. The van der Waals surface area contributed by atoms with Crippen molar-refractivity contribution in [2.75, 3.05) is 0 Å². The molecule has 1 N–H and O–H groups in total. The van der Waals surface area contributed by atoms with E-state index in [4.69, 9.17) is 10.00 Å². The highest BCUT2D eigenvalue weighted by atomic mass is 79.9. The van der Waals surface area contributed by atoms with Gasteiger partial charge in [0.25, 0.3) is 0 Å². The van der Waals surface area contributed by atoms with Crippen molar-refractivity contribution in [3.63, 3.8) is 0 Å². The summed E-state index contributed by atoms with van der Waals surface area (Å²) in [5, 5.41) is 18.9. The van der Waals surface area contributed by atoms with E-state index in [1.54, 1.807) is 18.2 Å². The molecule has 1 aromatic carbocycles. The van der Waals surface area contributed by atoms with Crippen LogP contribution in [0.15, 0.2) is 18.2 Å². The van der Waals surface area contributed by atoms with E-state index in [0.29, 0.717) is 5.56 Å². The molecule has 1 aliphatic heterocycles. The molecule has 2 rings (SSSR count). The molecule has 0 saturated heterocycles. The predicted molar refractivity (Wildman–Crippen MR) is 63.5 cm³/mol. The molecule has 3 nitrogen and oxygen atoms in total. The van der Waals surface area contributed by atoms with Gasteiger partial charge in [0.05, 0.1) is 16.5 Å². The van der Waals surface area contributed by atoms with Gasteiger partial charge in [-0.3, -0.25) is 0 Å². The van der Waals surface area contributed by atoms with Crippen LogP contribution in [0.25, 0.3) is 0 Å². The van der Waals surface area contributed by atoms with Crippen LogP contribution in [0.2, 0.25) is 0 Å². The van der Waals surface area contributed by atoms with E-state index in [-0.39, 0.29) is 4.83 Å². The van der Waals surface area contributed by atoms with E-state index in [1.807, 2.05) is 13.8 Å². The second kappa shape index (κ2) is 3.76. The summed E-state index contributed by atoms with van der Waals surface area (Å²) in [5.41, 5.74) is 0.763. The standard InChI is InChI=1S/C12H12BrNO2/c1-12(2)11(15)10(13)8-5-7(6-14)3-4-9(8)16-12/h3-5,10-11,15H,1-2H3. The number of rotatable bonds is 0. The van der Waals surface area contributed by atoms with Crippen molar-refractivity contribution in [3.8, 4) is 11.8 Å². The molecule has 0 aliphatic carbocycles. The summed E-state index contributed by atoms with van der Waals surface area (Å²) in [7, 11) is 0. The first-order valence-corrected chi connectivity index (χ1v) is 5.92. The van der Waals surface area contributed by atoms with E-state index in [1.165, 1.54) is 0 Å². The summed E-state index contributed by atoms with van der Waals surface area (Å²) in [6.45, 7) is 3.68. The van der Waals surface area contributed by atoms with Crippen LogP contribution in [0.5, 0.6) is 5.75 Å². The second-order valence-corrected chi connectivity index (χ2v) is 5.40. The molecule has 0 aromatic heterocycles. The molecule has 16 heavy (non-hydrogen) atoms. The number of aliphatic hydroxyl groups excluding tert-OH is 1. The minimum absolute atomic E-state index is 0.209. The van der Waals surface area contributed by atoms with E-state index in [9.17, 15) is 5.11 Å². The smallest absolute Gasteiger partial charge is 0.131 e. The van der Waals surface area contributed by atoms with E-state index in [0.717, 1.165) is 11.3 Å². The Balaban J connectivity index is 2.52. The van der Waals surface area contributed by atoms with Gasteiger partial charge < -0.3 is 9.84 Å². The summed E-state index contributed by atoms with van der Waals surface area (Å²) >= 11 is 3.45. The Hall–Kier alpha value is -1.05. The van der Waals surface area contributed by atoms with E-state index < -0.39 is 11.7 Å². The van der Waals surface area contributed by atoms with Gasteiger partial charge >= 0.3 is 0 Å². The van der Waals surface area contributed by atoms with Crippen molar-refractivity contribution < 1.29 is 9.84 Å². The minimum atomic E-state index is -0.644. The lowest BCUT2D eigenvalue weighted by molar-refractivity contribution is -0.0418. The quantitative estimate of drug-likeness (QED) is 0.744. The monoisotopic (exact) mass is 281 g/mol. The SMILES string of the molecule is CC1(C)Oc2ccc(C#N)cc2C(Br)C1O. The number of fused-ring (bicyclic) bond motifs is 1. The number of ether oxygens (including phenoxy) is 1. The average Bonchev–Trinajstić information content (AvgIpc) is 2.25. The van der Waals surface area contributed by atoms with Gasteiger partial charge in [-0.2, -0.15) is 5.26 Å². The van der Waals surface area contributed by atoms with Gasteiger partial charge in [0.2, 0.25) is 0 Å². The van der Waals surface area contributed by atoms with Crippen LogP contribution in [0.4, 0.5) is 0 Å². The van der Waals surface area contributed by atoms with Gasteiger partial charge in [-0.05, 0) is 32.0 Å². The average molecular weight is 282 g/mol. The Morgan fingerprint density at radius 1 is 1.50 bits per heavy atom. The Bertz CT molecular complexity index is 465. The lowest BCUT2D eigenvalue weighted by Gasteiger charge is -2.40. The highest BCUT2D eigenvalue weighted by molar-refractivity contribution is 9.09. The third-order valence-corrected chi connectivity index (χ3v) is 3.79. The van der Waals surface area contributed by atoms with Crippen LogP contribution in [0, 0.1) is 11.3 Å². The molecule has 0 spiro atoms. The fourth-order valence-electron chi connectivity index (χ4n) is 1.79. The lowest BCUT2D eigenvalue weighted by Crippen LogP contribution is -2.47. The fourth-order valence-corrected chi connectivity index (χ4v) is 2.79. The van der Waals surface area contributed by atoms with E-state index in [2.05, 4.69) is 22.0 Å². The van der Waals surface area contributed by atoms with Crippen LogP contribution in [-0.2, 0) is 0 Å². The molecular formula is C12H12BrNO2. The number of hydrogen-bond acceptors (Lipinski definition) is 3. The van der Waals surface area contributed by atoms with Gasteiger partial charge in [0, 0.05) is 5.56 Å². The first kappa shape index (κ1) is 11.4. The molecule has 0 radical (unpaired) electrons. The van der Waals surface area contributed by atoms with Crippen molar-refractivity contribution in [2.45, 2.75) is 30.4 Å². The van der Waals surface area contributed by atoms with Gasteiger partial charge in [-0.15, -0.1) is 0 Å². The Labute approximate surface area is 103 Å². The maximum atomic E-state index is 10.1. The van der Waals surface area contributed by atoms with Crippen molar-refractivity contribution >= 4 is 15.9 Å². The Morgan fingerprint density at radius 2 is 2.19 bits per heavy atom. The molecule has 0 bridgehead atoms. The highest BCUT2D eigenvalue weighted by Crippen LogP contribution is 2.44. The normalized spacial score (nSPS) is 26.4. The Morgan fingerprint density at radius 3 is 2.81 bits per heavy atom. The summed E-state index contributed by atoms with van der Waals surface area (Å²) in [6.07, 6.45) is -0.644. The largest absolute Gasteiger partial charge is 0.485 e. The molecule has 1 aliphatic rings. The fraction of sp³-hybridized carbons (Fsp3) is 0.417. The molecule has 84 valence electrons. The maximum Gasteiger partial charge on any atom is 0.131 e. The van der Waals surface area contributed by atoms with Crippen LogP contribution in [-0.4, -0.2) is 16.8 Å². The predicted octanol–water partition coefficient (Wildman–Crippen LogP) is 2.53. The van der Waals surface area contributed by atoms with Crippen LogP contribution in [0.3, 0.4) is 0 Å². The topological polar surface area (TPSA) is 53.2 Å². The van der Waals surface area contributed by atoms with Crippen molar-refractivity contribution in [3.05, 3.63) is 29.3 Å². The van der Waals surface area contributed by atoms with Crippen molar-refractivity contribution in [2.24, 2.45) is 0 Å². The van der Waals surface area contributed by atoms with Crippen LogP contribution in [0.1, 0.15) is 29.8 Å². The van der Waals surface area contributed by atoms with Gasteiger partial charge in [0.1, 0.15) is 17.5 Å². The van der Waals surface area contributed by atoms with Gasteiger partial charge in [0.15, 0.2) is 0 Å². The zero-order valence-corrected chi connectivity index (χ0v) is 10.7. The highest BCUT2D eigenvalue weighted by Gasteiger charge is 2.41. The summed E-state index contributed by atoms with van der Waals surface area (Å²) in [5.74, 6) is 0.719. The Kier molecular flexibility index (Phi) is 2.69. The maximum absolute atomic E-state index is 10.1. The van der Waals surface area contributed by atoms with E-state index >= 15 is 0 Å². The first-order valence-electron chi connectivity index (χ1n) is 5.01. The molecule has 2 unspecified atom stereocenters. The number of aliphatic hydroxyl groups is 1. The number of nitriles is 1. The molecule has 1 heterocycles. The first-order chi connectivity index (χ1) is 7.45. The number of halogens is 1. The molecule has 2 atom stereocenters. The zero-order chi connectivity index (χ0) is 11.9. The van der Waals surface area contributed by atoms with Crippen LogP contribution >= 0.6 is 15.9 Å². The molecule has 4 heteroatoms. The zero-order valence-electron chi connectivity index (χ0n) is 9.07. The number of benzene rings is 1. The third-order valence-electron chi connectivity index (χ3n) is 2.80. The lowest BCUT2D eigenvalue weighted by atomic mass is 9.90. The summed E-state index contributed by atoms with van der Waals surface area (Å²) in [6, 6.07) is 7.31. The van der Waals surface area contributed by atoms with Crippen molar-refractivity contribution in [1.29, 1.82) is 5.26 Å². The number of nitrogens with zero attached hydrogens (tertiary/aromatic N) is 1. The molecule has 0 saturated carbocycles. The number of hydrogen-bond donors (Lipinski definition) is 1.